The fourth-order valence-corrected chi connectivity index (χ4v) is 2.51. The number of ether oxygens (including phenoxy) is 2. The Morgan fingerprint density at radius 2 is 1.76 bits per heavy atom. The van der Waals surface area contributed by atoms with E-state index in [1.165, 1.54) is 7.11 Å². The molecular formula is C17H15NO3. The highest BCUT2D eigenvalue weighted by Gasteiger charge is 2.22. The highest BCUT2D eigenvalue weighted by Crippen LogP contribution is 2.36. The van der Waals surface area contributed by atoms with Gasteiger partial charge in [-0.25, -0.2) is 4.79 Å². The first-order chi connectivity index (χ1) is 10.3. The molecule has 2 aromatic carbocycles. The lowest BCUT2D eigenvalue weighted by atomic mass is 10.0. The van der Waals surface area contributed by atoms with Crippen molar-refractivity contribution in [3.63, 3.8) is 0 Å². The fourth-order valence-electron chi connectivity index (χ4n) is 2.51. The van der Waals surface area contributed by atoms with Crippen LogP contribution >= 0.6 is 0 Å². The third-order valence-electron chi connectivity index (χ3n) is 3.46. The van der Waals surface area contributed by atoms with E-state index >= 15 is 0 Å². The zero-order valence-electron chi connectivity index (χ0n) is 11.8. The summed E-state index contributed by atoms with van der Waals surface area (Å²) in [5.74, 6) is 0.260. The minimum Gasteiger partial charge on any atom is -0.496 e. The molecule has 0 amide bonds. The Balaban J connectivity index is 2.37. The van der Waals surface area contributed by atoms with Gasteiger partial charge in [-0.1, -0.05) is 36.4 Å². The standard InChI is InChI=1S/C17H15NO3/c1-20-13-10-6-9-12-14(13)15(17(19)21-2)16(18-12)11-7-4-3-5-8-11/h3-10,18H,1-2H3. The average Bonchev–Trinajstić information content (AvgIpc) is 2.94. The SMILES string of the molecule is COC(=O)c1c(-c2ccccc2)[nH]c2cccc(OC)c12. The molecule has 106 valence electrons. The summed E-state index contributed by atoms with van der Waals surface area (Å²) in [5.41, 5.74) is 3.00. The first kappa shape index (κ1) is 13.2. The maximum atomic E-state index is 12.3. The van der Waals surface area contributed by atoms with Crippen molar-refractivity contribution in [2.45, 2.75) is 0 Å². The number of methoxy groups -OCH3 is 2. The lowest BCUT2D eigenvalue weighted by Gasteiger charge is -2.05. The number of aromatic nitrogens is 1. The Morgan fingerprint density at radius 1 is 1.00 bits per heavy atom. The van der Waals surface area contributed by atoms with Crippen molar-refractivity contribution in [2.75, 3.05) is 14.2 Å². The molecule has 0 saturated heterocycles. The number of fused-ring (bicyclic) bond motifs is 1. The second kappa shape index (κ2) is 5.32. The van der Waals surface area contributed by atoms with Gasteiger partial charge >= 0.3 is 5.97 Å². The number of benzene rings is 2. The van der Waals surface area contributed by atoms with Crippen LogP contribution in [0.5, 0.6) is 5.75 Å². The maximum Gasteiger partial charge on any atom is 0.340 e. The lowest BCUT2D eigenvalue weighted by molar-refractivity contribution is 0.0603. The molecule has 0 unspecified atom stereocenters. The topological polar surface area (TPSA) is 51.3 Å². The van der Waals surface area contributed by atoms with Crippen LogP contribution in [0.2, 0.25) is 0 Å². The van der Waals surface area contributed by atoms with Crippen molar-refractivity contribution in [2.24, 2.45) is 0 Å². The quantitative estimate of drug-likeness (QED) is 0.746. The van der Waals surface area contributed by atoms with Crippen molar-refractivity contribution in [3.8, 4) is 17.0 Å². The van der Waals surface area contributed by atoms with Crippen molar-refractivity contribution in [3.05, 3.63) is 54.1 Å². The van der Waals surface area contributed by atoms with Crippen molar-refractivity contribution < 1.29 is 14.3 Å². The zero-order chi connectivity index (χ0) is 14.8. The minimum atomic E-state index is -0.385. The molecule has 0 fully saturated rings. The number of nitrogens with one attached hydrogen (secondary N) is 1. The van der Waals surface area contributed by atoms with E-state index in [0.29, 0.717) is 11.3 Å². The second-order valence-electron chi connectivity index (χ2n) is 4.62. The van der Waals surface area contributed by atoms with Gasteiger partial charge in [-0.15, -0.1) is 0 Å². The van der Waals surface area contributed by atoms with Gasteiger partial charge in [0.1, 0.15) is 5.75 Å². The van der Waals surface area contributed by atoms with Gasteiger partial charge in [-0.05, 0) is 17.7 Å². The average molecular weight is 281 g/mol. The van der Waals surface area contributed by atoms with E-state index < -0.39 is 0 Å². The van der Waals surface area contributed by atoms with Crippen LogP contribution in [0.4, 0.5) is 0 Å². The van der Waals surface area contributed by atoms with Crippen LogP contribution in [0, 0.1) is 0 Å². The molecule has 4 heteroatoms. The molecule has 0 aliphatic rings. The molecule has 0 saturated carbocycles. The molecule has 0 atom stereocenters. The van der Waals surface area contributed by atoms with Gasteiger partial charge < -0.3 is 14.5 Å². The minimum absolute atomic E-state index is 0.385. The normalized spacial score (nSPS) is 10.6. The molecule has 0 radical (unpaired) electrons. The predicted molar refractivity (Wildman–Crippen MR) is 81.6 cm³/mol. The Bertz CT molecular complexity index is 790. The van der Waals surface area contributed by atoms with Gasteiger partial charge in [0.15, 0.2) is 0 Å². The van der Waals surface area contributed by atoms with E-state index in [1.54, 1.807) is 7.11 Å². The van der Waals surface area contributed by atoms with Gasteiger partial charge in [0.2, 0.25) is 0 Å². The van der Waals surface area contributed by atoms with E-state index in [4.69, 9.17) is 9.47 Å². The number of H-pyrrole nitrogens is 1. The van der Waals surface area contributed by atoms with Gasteiger partial charge in [0.05, 0.1) is 36.4 Å². The smallest absolute Gasteiger partial charge is 0.340 e. The van der Waals surface area contributed by atoms with E-state index in [-0.39, 0.29) is 5.97 Å². The van der Waals surface area contributed by atoms with Crippen LogP contribution in [0.3, 0.4) is 0 Å². The van der Waals surface area contributed by atoms with Crippen LogP contribution in [0.1, 0.15) is 10.4 Å². The highest BCUT2D eigenvalue weighted by atomic mass is 16.5. The molecule has 0 spiro atoms. The summed E-state index contributed by atoms with van der Waals surface area (Å²) >= 11 is 0. The predicted octanol–water partition coefficient (Wildman–Crippen LogP) is 3.63. The summed E-state index contributed by atoms with van der Waals surface area (Å²) in [5, 5.41) is 0.741. The van der Waals surface area contributed by atoms with Crippen LogP contribution in [-0.2, 0) is 4.74 Å². The lowest BCUT2D eigenvalue weighted by Crippen LogP contribution is -2.03. The van der Waals surface area contributed by atoms with Crippen LogP contribution < -0.4 is 4.74 Å². The van der Waals surface area contributed by atoms with Crippen molar-refractivity contribution >= 4 is 16.9 Å². The van der Waals surface area contributed by atoms with Crippen molar-refractivity contribution in [1.29, 1.82) is 0 Å². The third-order valence-corrected chi connectivity index (χ3v) is 3.46. The Labute approximate surface area is 122 Å². The van der Waals surface area contributed by atoms with Gasteiger partial charge in [-0.3, -0.25) is 0 Å². The number of rotatable bonds is 3. The number of hydrogen-bond donors (Lipinski definition) is 1. The third kappa shape index (κ3) is 2.14. The zero-order valence-corrected chi connectivity index (χ0v) is 11.8. The molecule has 1 heterocycles. The Morgan fingerprint density at radius 3 is 2.43 bits per heavy atom. The summed E-state index contributed by atoms with van der Waals surface area (Å²) in [4.78, 5) is 15.5. The molecule has 0 bridgehead atoms. The van der Waals surface area contributed by atoms with Crippen molar-refractivity contribution in [1.82, 2.24) is 4.98 Å². The van der Waals surface area contributed by atoms with Gasteiger partial charge in [0.25, 0.3) is 0 Å². The fraction of sp³-hybridized carbons (Fsp3) is 0.118. The summed E-state index contributed by atoms with van der Waals surface area (Å²) in [6.45, 7) is 0. The van der Waals surface area contributed by atoms with Gasteiger partial charge in [-0.2, -0.15) is 0 Å². The van der Waals surface area contributed by atoms with E-state index in [2.05, 4.69) is 4.98 Å². The number of hydrogen-bond acceptors (Lipinski definition) is 3. The molecule has 21 heavy (non-hydrogen) atoms. The van der Waals surface area contributed by atoms with Gasteiger partial charge in [0, 0.05) is 0 Å². The molecule has 1 aromatic heterocycles. The molecular weight excluding hydrogens is 266 g/mol. The van der Waals surface area contributed by atoms with Crippen LogP contribution in [0.15, 0.2) is 48.5 Å². The first-order valence-electron chi connectivity index (χ1n) is 6.58. The monoisotopic (exact) mass is 281 g/mol. The molecule has 3 aromatic rings. The Kier molecular flexibility index (Phi) is 3.36. The first-order valence-corrected chi connectivity index (χ1v) is 6.58. The summed E-state index contributed by atoms with van der Waals surface area (Å²) in [7, 11) is 2.97. The summed E-state index contributed by atoms with van der Waals surface area (Å²) in [6.07, 6.45) is 0. The summed E-state index contributed by atoms with van der Waals surface area (Å²) < 4.78 is 10.3. The molecule has 0 aliphatic carbocycles. The number of carbonyl (C=O) groups excluding carboxylic acids is 1. The molecule has 4 nitrogen and oxygen atoms in total. The van der Waals surface area contributed by atoms with E-state index in [1.807, 2.05) is 48.5 Å². The second-order valence-corrected chi connectivity index (χ2v) is 4.62. The molecule has 0 aliphatic heterocycles. The molecule has 3 rings (SSSR count). The maximum absolute atomic E-state index is 12.3. The number of carbonyl (C=O) groups is 1. The van der Waals surface area contributed by atoms with E-state index in [0.717, 1.165) is 22.2 Å². The number of esters is 1. The largest absolute Gasteiger partial charge is 0.496 e. The van der Waals surface area contributed by atoms with Crippen LogP contribution in [-0.4, -0.2) is 25.2 Å². The number of aromatic amines is 1. The van der Waals surface area contributed by atoms with Crippen LogP contribution in [0.25, 0.3) is 22.2 Å². The summed E-state index contributed by atoms with van der Waals surface area (Å²) in [6, 6.07) is 15.3. The van der Waals surface area contributed by atoms with E-state index in [9.17, 15) is 4.79 Å². The highest BCUT2D eigenvalue weighted by molar-refractivity contribution is 6.12. The molecule has 1 N–H and O–H groups in total. The Hall–Kier alpha value is -2.75.